The van der Waals surface area contributed by atoms with Crippen LogP contribution in [0.25, 0.3) is 0 Å². The normalized spacial score (nSPS) is 11.8. The molecule has 1 heteroatoms. The lowest BCUT2D eigenvalue weighted by Gasteiger charge is -2.01. The van der Waals surface area contributed by atoms with E-state index in [-0.39, 0.29) is 0 Å². The summed E-state index contributed by atoms with van der Waals surface area (Å²) in [5.41, 5.74) is 0. The second kappa shape index (κ2) is 16.3. The first kappa shape index (κ1) is 17.3. The topological polar surface area (TPSA) is 19.9 Å². The number of unbranched alkanes of at least 4 members (excludes halogenated alkanes) is 11. The third-order valence-electron chi connectivity index (χ3n) is 3.30. The van der Waals surface area contributed by atoms with Crippen molar-refractivity contribution in [3.05, 3.63) is 24.5 Å². The van der Waals surface area contributed by atoms with E-state index in [1.54, 1.807) is 6.08 Å². The van der Waals surface area contributed by atoms with E-state index in [4.69, 9.17) is 0 Å². The van der Waals surface area contributed by atoms with Crippen LogP contribution in [0.5, 0.6) is 0 Å². The summed E-state index contributed by atoms with van der Waals surface area (Å²) in [6, 6.07) is 0. The fourth-order valence-corrected chi connectivity index (χ4v) is 2.15. The molecule has 0 heterocycles. The number of rotatable bonds is 13. The molecule has 0 fully saturated rings. The quantitative estimate of drug-likeness (QED) is 0.211. The zero-order valence-corrected chi connectivity index (χ0v) is 12.2. The first-order chi connectivity index (χ1) is 8.91. The second-order valence-electron chi connectivity index (χ2n) is 5.08. The molecule has 0 spiro atoms. The highest BCUT2D eigenvalue weighted by Gasteiger charge is 1.92. The molecule has 18 heavy (non-hydrogen) atoms. The predicted molar refractivity (Wildman–Crippen MR) is 80.0 cm³/mol. The maximum absolute atomic E-state index is 10.0. The van der Waals surface area contributed by atoms with E-state index >= 15 is 0 Å². The zero-order valence-electron chi connectivity index (χ0n) is 12.2. The van der Waals surface area contributed by atoms with Crippen LogP contribution in [0.1, 0.15) is 84.0 Å². The molecule has 0 N–H and O–H groups in total. The molecule has 0 aliphatic rings. The fourth-order valence-electron chi connectivity index (χ4n) is 2.15. The molecule has 0 saturated carbocycles. The average molecular weight is 251 g/mol. The van der Waals surface area contributed by atoms with Crippen molar-refractivity contribution in [2.24, 2.45) is 0 Å². The van der Waals surface area contributed by atoms with E-state index in [1.165, 1.54) is 70.6 Å². The minimum atomic E-state index is 0.830. The van der Waals surface area contributed by atoms with E-state index in [0.717, 1.165) is 12.7 Å². The van der Waals surface area contributed by atoms with Gasteiger partial charge in [0.15, 0.2) is 0 Å². The van der Waals surface area contributed by atoms with Gasteiger partial charge in [0.25, 0.3) is 0 Å². The van der Waals surface area contributed by atoms with Crippen LogP contribution in [0.4, 0.5) is 0 Å². The average Bonchev–Trinajstić information content (AvgIpc) is 2.39. The number of allylic oxidation sites excluding steroid dienone is 3. The summed E-state index contributed by atoms with van der Waals surface area (Å²) < 4.78 is 0. The standard InChI is InChI=1S/C17H31O/c1-2-3-4-5-6-7-8-9-10-11-12-13-14-15-16-17-18/h14-17H,2-13H2,1H3. The third-order valence-corrected chi connectivity index (χ3v) is 3.30. The van der Waals surface area contributed by atoms with Gasteiger partial charge < -0.3 is 0 Å². The van der Waals surface area contributed by atoms with Crippen molar-refractivity contribution in [3.8, 4) is 0 Å². The third kappa shape index (κ3) is 15.3. The van der Waals surface area contributed by atoms with Crippen molar-refractivity contribution in [1.82, 2.24) is 0 Å². The van der Waals surface area contributed by atoms with Gasteiger partial charge in [-0.3, -0.25) is 5.11 Å². The van der Waals surface area contributed by atoms with Crippen LogP contribution >= 0.6 is 0 Å². The van der Waals surface area contributed by atoms with Crippen molar-refractivity contribution in [3.63, 3.8) is 0 Å². The molecule has 0 unspecified atom stereocenters. The largest absolute Gasteiger partial charge is 0.299 e. The van der Waals surface area contributed by atoms with E-state index < -0.39 is 0 Å². The van der Waals surface area contributed by atoms with Crippen molar-refractivity contribution in [1.29, 1.82) is 0 Å². The predicted octanol–water partition coefficient (Wildman–Crippen LogP) is 6.19. The summed E-state index contributed by atoms with van der Waals surface area (Å²) in [6.07, 6.45) is 22.7. The first-order valence-electron chi connectivity index (χ1n) is 7.85. The van der Waals surface area contributed by atoms with Gasteiger partial charge in [-0.15, -0.1) is 0 Å². The Balaban J connectivity index is 2.98. The Labute approximate surface area is 114 Å². The summed E-state index contributed by atoms with van der Waals surface area (Å²) in [7, 11) is 0. The molecule has 0 amide bonds. The number of hydrogen-bond acceptors (Lipinski definition) is 0. The molecule has 1 nitrogen and oxygen atoms in total. The molecule has 0 saturated heterocycles. The van der Waals surface area contributed by atoms with Crippen molar-refractivity contribution >= 4 is 0 Å². The van der Waals surface area contributed by atoms with E-state index in [9.17, 15) is 5.11 Å². The fraction of sp³-hybridized carbons (Fsp3) is 0.765. The maximum atomic E-state index is 10.0. The highest BCUT2D eigenvalue weighted by Crippen LogP contribution is 2.11. The Bertz CT molecular complexity index is 194. The molecule has 0 atom stereocenters. The Kier molecular flexibility index (Phi) is 15.6. The molecular weight excluding hydrogens is 220 g/mol. The summed E-state index contributed by atoms with van der Waals surface area (Å²) >= 11 is 0. The maximum Gasteiger partial charge on any atom is 0.142 e. The second-order valence-corrected chi connectivity index (χ2v) is 5.08. The van der Waals surface area contributed by atoms with Crippen LogP contribution in [0.2, 0.25) is 0 Å². The van der Waals surface area contributed by atoms with Gasteiger partial charge in [0.1, 0.15) is 6.26 Å². The van der Waals surface area contributed by atoms with Gasteiger partial charge in [0.2, 0.25) is 0 Å². The van der Waals surface area contributed by atoms with Crippen LogP contribution in [0.15, 0.2) is 24.5 Å². The van der Waals surface area contributed by atoms with E-state index in [2.05, 4.69) is 13.0 Å². The zero-order chi connectivity index (χ0) is 13.3. The molecule has 0 aromatic carbocycles. The molecule has 0 aliphatic heterocycles. The Morgan fingerprint density at radius 3 is 1.67 bits per heavy atom. The molecule has 0 aromatic heterocycles. The highest BCUT2D eigenvalue weighted by molar-refractivity contribution is 4.98. The van der Waals surface area contributed by atoms with Gasteiger partial charge in [0.05, 0.1) is 0 Å². The SMILES string of the molecule is CCCCCCCCCCCCCC=CC=C[O]. The van der Waals surface area contributed by atoms with Crippen LogP contribution < -0.4 is 0 Å². The minimum Gasteiger partial charge on any atom is -0.299 e. The van der Waals surface area contributed by atoms with Crippen molar-refractivity contribution < 1.29 is 5.11 Å². The van der Waals surface area contributed by atoms with Gasteiger partial charge in [-0.2, -0.15) is 0 Å². The minimum absolute atomic E-state index is 0.830. The first-order valence-corrected chi connectivity index (χ1v) is 7.85. The monoisotopic (exact) mass is 251 g/mol. The Morgan fingerprint density at radius 1 is 0.667 bits per heavy atom. The summed E-state index contributed by atoms with van der Waals surface area (Å²) in [6.45, 7) is 2.27. The van der Waals surface area contributed by atoms with Crippen LogP contribution in [0.3, 0.4) is 0 Å². The molecule has 1 radical (unpaired) electrons. The molecule has 0 aromatic rings. The van der Waals surface area contributed by atoms with Gasteiger partial charge in [-0.05, 0) is 18.9 Å². The van der Waals surface area contributed by atoms with Gasteiger partial charge in [-0.25, -0.2) is 0 Å². The van der Waals surface area contributed by atoms with Gasteiger partial charge in [-0.1, -0.05) is 83.3 Å². The van der Waals surface area contributed by atoms with E-state index in [1.807, 2.05) is 6.08 Å². The smallest absolute Gasteiger partial charge is 0.142 e. The Morgan fingerprint density at radius 2 is 1.17 bits per heavy atom. The lowest BCUT2D eigenvalue weighted by Crippen LogP contribution is -1.81. The van der Waals surface area contributed by atoms with Crippen molar-refractivity contribution in [2.75, 3.05) is 0 Å². The van der Waals surface area contributed by atoms with Crippen molar-refractivity contribution in [2.45, 2.75) is 84.0 Å². The summed E-state index contributed by atoms with van der Waals surface area (Å²) in [4.78, 5) is 0. The Hall–Kier alpha value is -0.720. The lowest BCUT2D eigenvalue weighted by molar-refractivity contribution is 0.352. The lowest BCUT2D eigenvalue weighted by atomic mass is 10.1. The molecule has 0 bridgehead atoms. The van der Waals surface area contributed by atoms with E-state index in [0.29, 0.717) is 0 Å². The summed E-state index contributed by atoms with van der Waals surface area (Å²) in [5.74, 6) is 0. The molecule has 0 aliphatic carbocycles. The van der Waals surface area contributed by atoms with Gasteiger partial charge in [0, 0.05) is 0 Å². The van der Waals surface area contributed by atoms with Crippen LogP contribution in [-0.2, 0) is 5.11 Å². The van der Waals surface area contributed by atoms with Crippen LogP contribution in [-0.4, -0.2) is 0 Å². The molecular formula is C17H31O. The molecule has 105 valence electrons. The van der Waals surface area contributed by atoms with Crippen LogP contribution in [0, 0.1) is 0 Å². The van der Waals surface area contributed by atoms with Gasteiger partial charge >= 0.3 is 0 Å². The number of hydrogen-bond donors (Lipinski definition) is 0. The molecule has 0 rings (SSSR count). The summed E-state index contributed by atoms with van der Waals surface area (Å²) in [5, 5.41) is 10.0. The highest BCUT2D eigenvalue weighted by atomic mass is 16.2.